The van der Waals surface area contributed by atoms with E-state index in [2.05, 4.69) is 36.2 Å². The van der Waals surface area contributed by atoms with E-state index < -0.39 is 0 Å². The SMILES string of the molecule is C=CCNC(=O)C(C)NCC1(N(C)C)CCC1. The Bertz CT molecular complexity index is 272. The molecule has 0 aliphatic heterocycles. The molecule has 0 bridgehead atoms. The van der Waals surface area contributed by atoms with E-state index in [0.717, 1.165) is 6.54 Å². The molecular weight excluding hydrogens is 214 g/mol. The van der Waals surface area contributed by atoms with Gasteiger partial charge >= 0.3 is 0 Å². The molecule has 1 atom stereocenters. The molecule has 1 unspecified atom stereocenters. The van der Waals surface area contributed by atoms with Crippen molar-refractivity contribution in [3.8, 4) is 0 Å². The number of hydrogen-bond donors (Lipinski definition) is 2. The summed E-state index contributed by atoms with van der Waals surface area (Å²) in [5.74, 6) is 0.0399. The number of hydrogen-bond acceptors (Lipinski definition) is 3. The zero-order valence-electron chi connectivity index (χ0n) is 11.3. The minimum Gasteiger partial charge on any atom is -0.351 e. The van der Waals surface area contributed by atoms with Gasteiger partial charge < -0.3 is 15.5 Å². The topological polar surface area (TPSA) is 44.4 Å². The fourth-order valence-electron chi connectivity index (χ4n) is 2.13. The highest BCUT2D eigenvalue weighted by atomic mass is 16.2. The van der Waals surface area contributed by atoms with Crippen molar-refractivity contribution >= 4 is 5.91 Å². The van der Waals surface area contributed by atoms with E-state index in [4.69, 9.17) is 0 Å². The number of amides is 1. The number of likely N-dealkylation sites (N-methyl/N-ethyl adjacent to an activating group) is 1. The van der Waals surface area contributed by atoms with Gasteiger partial charge in [-0.25, -0.2) is 0 Å². The molecule has 4 nitrogen and oxygen atoms in total. The van der Waals surface area contributed by atoms with Crippen molar-refractivity contribution in [3.63, 3.8) is 0 Å². The van der Waals surface area contributed by atoms with Crippen molar-refractivity contribution in [2.24, 2.45) is 0 Å². The second-order valence-corrected chi connectivity index (χ2v) is 5.11. The van der Waals surface area contributed by atoms with Crippen molar-refractivity contribution in [1.82, 2.24) is 15.5 Å². The molecule has 0 aromatic rings. The zero-order valence-corrected chi connectivity index (χ0v) is 11.3. The van der Waals surface area contributed by atoms with Crippen LogP contribution in [0.4, 0.5) is 0 Å². The van der Waals surface area contributed by atoms with Crippen LogP contribution in [0.3, 0.4) is 0 Å². The first-order chi connectivity index (χ1) is 8.02. The van der Waals surface area contributed by atoms with E-state index in [1.807, 2.05) is 6.92 Å². The number of rotatable bonds is 7. The molecule has 1 rings (SSSR count). The van der Waals surface area contributed by atoms with Crippen molar-refractivity contribution in [1.29, 1.82) is 0 Å². The molecule has 17 heavy (non-hydrogen) atoms. The first-order valence-corrected chi connectivity index (χ1v) is 6.31. The fourth-order valence-corrected chi connectivity index (χ4v) is 2.13. The molecule has 0 spiro atoms. The van der Waals surface area contributed by atoms with E-state index in [1.54, 1.807) is 6.08 Å². The van der Waals surface area contributed by atoms with Crippen LogP contribution in [0, 0.1) is 0 Å². The van der Waals surface area contributed by atoms with Gasteiger partial charge in [0.05, 0.1) is 6.04 Å². The van der Waals surface area contributed by atoms with E-state index in [-0.39, 0.29) is 17.5 Å². The third-order valence-corrected chi connectivity index (χ3v) is 3.78. The highest BCUT2D eigenvalue weighted by Crippen LogP contribution is 2.35. The van der Waals surface area contributed by atoms with Gasteiger partial charge in [0, 0.05) is 18.6 Å². The number of nitrogens with one attached hydrogen (secondary N) is 2. The van der Waals surface area contributed by atoms with Crippen molar-refractivity contribution in [3.05, 3.63) is 12.7 Å². The molecule has 1 amide bonds. The van der Waals surface area contributed by atoms with Gasteiger partial charge in [0.15, 0.2) is 0 Å². The fraction of sp³-hybridized carbons (Fsp3) is 0.769. The predicted octanol–water partition coefficient (Wildman–Crippen LogP) is 0.751. The summed E-state index contributed by atoms with van der Waals surface area (Å²) in [5, 5.41) is 6.13. The average molecular weight is 239 g/mol. The van der Waals surface area contributed by atoms with Gasteiger partial charge in [-0.2, -0.15) is 0 Å². The summed E-state index contributed by atoms with van der Waals surface area (Å²) in [6.45, 7) is 6.89. The molecule has 0 heterocycles. The van der Waals surface area contributed by atoms with Crippen LogP contribution in [-0.2, 0) is 4.79 Å². The van der Waals surface area contributed by atoms with Crippen molar-refractivity contribution in [2.75, 3.05) is 27.2 Å². The molecule has 2 N–H and O–H groups in total. The highest BCUT2D eigenvalue weighted by molar-refractivity contribution is 5.81. The molecule has 1 aliphatic carbocycles. The van der Waals surface area contributed by atoms with E-state index in [0.29, 0.717) is 6.54 Å². The summed E-state index contributed by atoms with van der Waals surface area (Å²) >= 11 is 0. The monoisotopic (exact) mass is 239 g/mol. The normalized spacial score (nSPS) is 19.5. The van der Waals surface area contributed by atoms with Crippen molar-refractivity contribution < 1.29 is 4.79 Å². The van der Waals surface area contributed by atoms with Gasteiger partial charge in [-0.1, -0.05) is 6.08 Å². The average Bonchev–Trinajstić information content (AvgIpc) is 2.23. The maximum Gasteiger partial charge on any atom is 0.237 e. The van der Waals surface area contributed by atoms with Crippen LogP contribution in [0.5, 0.6) is 0 Å². The molecule has 0 aromatic carbocycles. The number of nitrogens with zero attached hydrogens (tertiary/aromatic N) is 1. The molecule has 1 saturated carbocycles. The molecule has 4 heteroatoms. The van der Waals surface area contributed by atoms with Gasteiger partial charge in [0.1, 0.15) is 0 Å². The molecule has 1 aliphatic rings. The lowest BCUT2D eigenvalue weighted by Crippen LogP contribution is -2.58. The lowest BCUT2D eigenvalue weighted by molar-refractivity contribution is -0.122. The molecule has 0 saturated heterocycles. The van der Waals surface area contributed by atoms with Gasteiger partial charge in [-0.3, -0.25) is 4.79 Å². The summed E-state index contributed by atoms with van der Waals surface area (Å²) in [6.07, 6.45) is 5.41. The Morgan fingerprint density at radius 2 is 2.18 bits per heavy atom. The first-order valence-electron chi connectivity index (χ1n) is 6.31. The third-order valence-electron chi connectivity index (χ3n) is 3.78. The summed E-state index contributed by atoms with van der Waals surface area (Å²) < 4.78 is 0. The zero-order chi connectivity index (χ0) is 12.9. The van der Waals surface area contributed by atoms with E-state index in [9.17, 15) is 4.79 Å². The maximum absolute atomic E-state index is 11.7. The summed E-state index contributed by atoms with van der Waals surface area (Å²) in [4.78, 5) is 13.9. The Kier molecular flexibility index (Phi) is 5.15. The Hall–Kier alpha value is -0.870. The van der Waals surface area contributed by atoms with E-state index in [1.165, 1.54) is 19.3 Å². The Labute approximate surface area is 104 Å². The lowest BCUT2D eigenvalue weighted by atomic mass is 9.75. The third kappa shape index (κ3) is 3.54. The van der Waals surface area contributed by atoms with Crippen molar-refractivity contribution in [2.45, 2.75) is 37.8 Å². The predicted molar refractivity (Wildman–Crippen MR) is 70.9 cm³/mol. The van der Waals surface area contributed by atoms with E-state index >= 15 is 0 Å². The summed E-state index contributed by atoms with van der Waals surface area (Å²) in [5.41, 5.74) is 0.257. The first kappa shape index (κ1) is 14.2. The number of carbonyl (C=O) groups is 1. The minimum atomic E-state index is -0.146. The summed E-state index contributed by atoms with van der Waals surface area (Å²) in [6, 6.07) is -0.146. The second-order valence-electron chi connectivity index (χ2n) is 5.11. The Morgan fingerprint density at radius 3 is 2.59 bits per heavy atom. The molecule has 0 radical (unpaired) electrons. The Morgan fingerprint density at radius 1 is 1.53 bits per heavy atom. The molecule has 98 valence electrons. The second kappa shape index (κ2) is 6.17. The van der Waals surface area contributed by atoms with Gasteiger partial charge in [-0.15, -0.1) is 6.58 Å². The van der Waals surface area contributed by atoms with Gasteiger partial charge in [-0.05, 0) is 40.3 Å². The maximum atomic E-state index is 11.7. The lowest BCUT2D eigenvalue weighted by Gasteiger charge is -2.48. The van der Waals surface area contributed by atoms with Crippen LogP contribution in [-0.4, -0.2) is 49.6 Å². The van der Waals surface area contributed by atoms with Crippen LogP contribution in [0.1, 0.15) is 26.2 Å². The largest absolute Gasteiger partial charge is 0.351 e. The smallest absolute Gasteiger partial charge is 0.237 e. The van der Waals surface area contributed by atoms with Crippen LogP contribution in [0.15, 0.2) is 12.7 Å². The number of carbonyl (C=O) groups excluding carboxylic acids is 1. The van der Waals surface area contributed by atoms with Crippen LogP contribution >= 0.6 is 0 Å². The van der Waals surface area contributed by atoms with Gasteiger partial charge in [0.2, 0.25) is 5.91 Å². The quantitative estimate of drug-likeness (QED) is 0.644. The highest BCUT2D eigenvalue weighted by Gasteiger charge is 2.39. The molecular formula is C13H25N3O. The van der Waals surface area contributed by atoms with Gasteiger partial charge in [0.25, 0.3) is 0 Å². The van der Waals surface area contributed by atoms with Crippen LogP contribution < -0.4 is 10.6 Å². The van der Waals surface area contributed by atoms with Crippen LogP contribution in [0.25, 0.3) is 0 Å². The van der Waals surface area contributed by atoms with Crippen LogP contribution in [0.2, 0.25) is 0 Å². The molecule has 0 aromatic heterocycles. The molecule has 1 fully saturated rings. The Balaban J connectivity index is 2.34. The standard InChI is InChI=1S/C13H25N3O/c1-5-9-14-12(17)11(2)15-10-13(16(3)4)7-6-8-13/h5,11,15H,1,6-10H2,2-4H3,(H,14,17). The summed E-state index contributed by atoms with van der Waals surface area (Å²) in [7, 11) is 4.23. The minimum absolute atomic E-state index is 0.0399.